The molecule has 226 valence electrons. The third-order valence-corrected chi connectivity index (χ3v) is 6.79. The predicted molar refractivity (Wildman–Crippen MR) is 147 cm³/mol. The molecule has 2 atom stereocenters. The summed E-state index contributed by atoms with van der Waals surface area (Å²) in [5.41, 5.74) is 5.05. The molecule has 2 aromatic carbocycles. The third kappa shape index (κ3) is 7.62. The zero-order valence-corrected chi connectivity index (χ0v) is 23.1. The molecule has 4 aromatic rings. The van der Waals surface area contributed by atoms with E-state index in [-0.39, 0.29) is 35.6 Å². The van der Waals surface area contributed by atoms with Gasteiger partial charge in [0.1, 0.15) is 23.5 Å². The lowest BCUT2D eigenvalue weighted by Crippen LogP contribution is -2.37. The molecule has 0 fully saturated rings. The van der Waals surface area contributed by atoms with Gasteiger partial charge in [0.2, 0.25) is 5.91 Å². The Hall–Kier alpha value is -4.61. The van der Waals surface area contributed by atoms with Crippen LogP contribution < -0.4 is 11.1 Å². The molecule has 6 nitrogen and oxygen atoms in total. The fourth-order valence-electron chi connectivity index (χ4n) is 4.85. The third-order valence-electron chi connectivity index (χ3n) is 6.79. The summed E-state index contributed by atoms with van der Waals surface area (Å²) < 4.78 is 83.7. The van der Waals surface area contributed by atoms with E-state index in [1.54, 1.807) is 12.1 Å². The Bertz CT molecular complexity index is 1610. The van der Waals surface area contributed by atoms with Gasteiger partial charge >= 0.3 is 6.18 Å². The number of carbonyl (C=O) groups excluding carboxylic acids is 2. The SMILES string of the molecule is CC(C)CC(C(=O)N[C@@H](Cc1cc(F)cc(F)c1)c1ncccc1-c1ccc(F)c(C(N)=O)c1)n1ccc(C(F)(F)F)c1. The van der Waals surface area contributed by atoms with E-state index in [4.69, 9.17) is 5.73 Å². The van der Waals surface area contributed by atoms with Crippen molar-refractivity contribution in [3.63, 3.8) is 0 Å². The van der Waals surface area contributed by atoms with Crippen molar-refractivity contribution in [1.29, 1.82) is 0 Å². The molecule has 0 saturated heterocycles. The molecule has 2 heterocycles. The van der Waals surface area contributed by atoms with E-state index in [2.05, 4.69) is 10.3 Å². The van der Waals surface area contributed by atoms with E-state index >= 15 is 0 Å². The minimum atomic E-state index is -4.62. The summed E-state index contributed by atoms with van der Waals surface area (Å²) in [4.78, 5) is 30.0. The molecule has 0 aliphatic rings. The number of pyridine rings is 1. The maximum atomic E-state index is 14.2. The summed E-state index contributed by atoms with van der Waals surface area (Å²) in [5.74, 6) is -4.31. The number of nitrogens with two attached hydrogens (primary N) is 1. The Morgan fingerprint density at radius 1 is 1.00 bits per heavy atom. The monoisotopic (exact) mass is 602 g/mol. The number of carbonyl (C=O) groups is 2. The molecule has 0 spiro atoms. The molecule has 3 N–H and O–H groups in total. The molecule has 2 aromatic heterocycles. The number of hydrogen-bond acceptors (Lipinski definition) is 3. The molecule has 2 amide bonds. The number of hydrogen-bond donors (Lipinski definition) is 2. The highest BCUT2D eigenvalue weighted by atomic mass is 19.4. The first-order chi connectivity index (χ1) is 20.2. The lowest BCUT2D eigenvalue weighted by Gasteiger charge is -2.26. The van der Waals surface area contributed by atoms with Gasteiger partial charge < -0.3 is 15.6 Å². The zero-order chi connectivity index (χ0) is 31.5. The molecule has 1 unspecified atom stereocenters. The first-order valence-corrected chi connectivity index (χ1v) is 13.3. The van der Waals surface area contributed by atoms with E-state index in [1.165, 1.54) is 29.1 Å². The number of nitrogens with zero attached hydrogens (tertiary/aromatic N) is 2. The molecule has 0 bridgehead atoms. The number of aromatic nitrogens is 2. The molecule has 0 aliphatic heterocycles. The van der Waals surface area contributed by atoms with Gasteiger partial charge in [0.25, 0.3) is 5.91 Å². The average molecular weight is 603 g/mol. The van der Waals surface area contributed by atoms with Crippen LogP contribution in [-0.2, 0) is 17.4 Å². The fraction of sp³-hybridized carbons (Fsp3) is 0.258. The van der Waals surface area contributed by atoms with Crippen molar-refractivity contribution in [2.45, 2.75) is 44.9 Å². The lowest BCUT2D eigenvalue weighted by atomic mass is 9.93. The van der Waals surface area contributed by atoms with Gasteiger partial charge in [-0.05, 0) is 66.3 Å². The Labute approximate surface area is 243 Å². The van der Waals surface area contributed by atoms with E-state index in [0.717, 1.165) is 30.5 Å². The van der Waals surface area contributed by atoms with Gasteiger partial charge in [-0.25, -0.2) is 13.2 Å². The maximum absolute atomic E-state index is 14.2. The standard InChI is InChI=1S/C31H28F6N4O2/c1-17(2)10-27(41-9-7-20(16-41)31(35,36)37)30(43)40-26(13-18-11-21(32)15-22(33)12-18)28-23(4-3-8-39-28)19-5-6-25(34)24(14-19)29(38)42/h3-9,11-12,14-17,26-27H,10,13H2,1-2H3,(H2,38,42)(H,40,43)/t26-,27?/m0/s1. The Kier molecular flexibility index (Phi) is 9.27. The van der Waals surface area contributed by atoms with Crippen molar-refractivity contribution < 1.29 is 35.9 Å². The molecular weight excluding hydrogens is 574 g/mol. The molecule has 12 heteroatoms. The fourth-order valence-corrected chi connectivity index (χ4v) is 4.85. The van der Waals surface area contributed by atoms with Gasteiger partial charge in [0.15, 0.2) is 0 Å². The van der Waals surface area contributed by atoms with Gasteiger partial charge in [0.05, 0.1) is 22.9 Å². The predicted octanol–water partition coefficient (Wildman–Crippen LogP) is 6.77. The number of nitrogens with one attached hydrogen (secondary N) is 1. The normalized spacial score (nSPS) is 13.1. The number of primary amides is 1. The number of benzene rings is 2. The van der Waals surface area contributed by atoms with Crippen molar-refractivity contribution >= 4 is 11.8 Å². The summed E-state index contributed by atoms with van der Waals surface area (Å²) in [5, 5.41) is 2.82. The van der Waals surface area contributed by atoms with Crippen molar-refractivity contribution in [1.82, 2.24) is 14.9 Å². The summed E-state index contributed by atoms with van der Waals surface area (Å²) in [6.45, 7) is 3.62. The maximum Gasteiger partial charge on any atom is 0.417 e. The van der Waals surface area contributed by atoms with Crippen LogP contribution in [0.3, 0.4) is 0 Å². The van der Waals surface area contributed by atoms with Crippen LogP contribution in [0, 0.1) is 23.4 Å². The average Bonchev–Trinajstić information content (AvgIpc) is 3.42. The summed E-state index contributed by atoms with van der Waals surface area (Å²) in [7, 11) is 0. The second-order valence-electron chi connectivity index (χ2n) is 10.5. The van der Waals surface area contributed by atoms with E-state index in [9.17, 15) is 35.9 Å². The molecule has 43 heavy (non-hydrogen) atoms. The number of halogens is 6. The van der Waals surface area contributed by atoms with Gasteiger partial charge in [-0.3, -0.25) is 14.6 Å². The van der Waals surface area contributed by atoms with Crippen LogP contribution in [-0.4, -0.2) is 21.4 Å². The molecule has 4 rings (SSSR count). The van der Waals surface area contributed by atoms with Crippen LogP contribution in [0.25, 0.3) is 11.1 Å². The van der Waals surface area contributed by atoms with Gasteiger partial charge in [-0.2, -0.15) is 13.2 Å². The Balaban J connectivity index is 1.80. The van der Waals surface area contributed by atoms with Gasteiger partial charge in [-0.1, -0.05) is 26.0 Å². The van der Waals surface area contributed by atoms with Crippen LogP contribution in [0.2, 0.25) is 0 Å². The minimum Gasteiger partial charge on any atom is -0.366 e. The van der Waals surface area contributed by atoms with Crippen molar-refractivity contribution in [3.05, 3.63) is 113 Å². The van der Waals surface area contributed by atoms with Crippen LogP contribution in [0.4, 0.5) is 26.3 Å². The second kappa shape index (κ2) is 12.7. The van der Waals surface area contributed by atoms with Gasteiger partial charge in [0, 0.05) is 30.2 Å². The van der Waals surface area contributed by atoms with Crippen LogP contribution in [0.15, 0.2) is 73.2 Å². The molecule has 0 radical (unpaired) electrons. The van der Waals surface area contributed by atoms with Crippen LogP contribution in [0.1, 0.15) is 59.5 Å². The molecular formula is C31H28F6N4O2. The molecule has 0 saturated carbocycles. The minimum absolute atomic E-state index is 0.0971. The number of alkyl halides is 3. The van der Waals surface area contributed by atoms with Crippen molar-refractivity contribution in [3.8, 4) is 11.1 Å². The van der Waals surface area contributed by atoms with E-state index in [0.29, 0.717) is 17.2 Å². The zero-order valence-electron chi connectivity index (χ0n) is 23.1. The Morgan fingerprint density at radius 3 is 2.30 bits per heavy atom. The highest BCUT2D eigenvalue weighted by Gasteiger charge is 2.33. The van der Waals surface area contributed by atoms with Crippen molar-refractivity contribution in [2.24, 2.45) is 11.7 Å². The highest BCUT2D eigenvalue weighted by Crippen LogP contribution is 2.33. The highest BCUT2D eigenvalue weighted by molar-refractivity contribution is 5.94. The second-order valence-corrected chi connectivity index (χ2v) is 10.5. The first kappa shape index (κ1) is 31.3. The Morgan fingerprint density at radius 2 is 1.70 bits per heavy atom. The quantitative estimate of drug-likeness (QED) is 0.196. The van der Waals surface area contributed by atoms with Gasteiger partial charge in [-0.15, -0.1) is 0 Å². The van der Waals surface area contributed by atoms with E-state index < -0.39 is 53.1 Å². The largest absolute Gasteiger partial charge is 0.417 e. The smallest absolute Gasteiger partial charge is 0.366 e. The summed E-state index contributed by atoms with van der Waals surface area (Å²) in [6.07, 6.45) is -1.18. The van der Waals surface area contributed by atoms with Crippen LogP contribution in [0.5, 0.6) is 0 Å². The summed E-state index contributed by atoms with van der Waals surface area (Å²) >= 11 is 0. The lowest BCUT2D eigenvalue weighted by molar-refractivity contribution is -0.138. The number of amides is 2. The van der Waals surface area contributed by atoms with Crippen LogP contribution >= 0.6 is 0 Å². The molecule has 0 aliphatic carbocycles. The first-order valence-electron chi connectivity index (χ1n) is 13.3. The summed E-state index contributed by atoms with van der Waals surface area (Å²) in [6, 6.07) is 8.41. The van der Waals surface area contributed by atoms with E-state index in [1.807, 2.05) is 13.8 Å². The topological polar surface area (TPSA) is 90.0 Å². The van der Waals surface area contributed by atoms with Crippen molar-refractivity contribution in [2.75, 3.05) is 0 Å². The number of rotatable bonds is 10.